The molecule has 1 saturated carbocycles. The summed E-state index contributed by atoms with van der Waals surface area (Å²) in [5.74, 6) is -3.96. The summed E-state index contributed by atoms with van der Waals surface area (Å²) in [4.78, 5) is 36.6. The number of rotatable bonds is 4. The van der Waals surface area contributed by atoms with Crippen LogP contribution in [0.4, 0.5) is 32.2 Å². The summed E-state index contributed by atoms with van der Waals surface area (Å²) >= 11 is 0. The minimum atomic E-state index is -5.08. The van der Waals surface area contributed by atoms with Crippen molar-refractivity contribution >= 4 is 23.7 Å². The summed E-state index contributed by atoms with van der Waals surface area (Å²) in [5, 5.41) is 21.0. The van der Waals surface area contributed by atoms with E-state index in [0.29, 0.717) is 5.56 Å². The van der Waals surface area contributed by atoms with Gasteiger partial charge in [-0.1, -0.05) is 0 Å². The first-order valence-electron chi connectivity index (χ1n) is 10.3. The van der Waals surface area contributed by atoms with Crippen molar-refractivity contribution in [3.63, 3.8) is 0 Å². The summed E-state index contributed by atoms with van der Waals surface area (Å²) in [5.41, 5.74) is 3.05. The highest BCUT2D eigenvalue weighted by Crippen LogP contribution is 2.30. The Labute approximate surface area is 196 Å². The lowest BCUT2D eigenvalue weighted by Crippen LogP contribution is -2.24. The number of hydrogen-bond donors (Lipinski definition) is 4. The van der Waals surface area contributed by atoms with Gasteiger partial charge in [0.1, 0.15) is 5.82 Å². The third kappa shape index (κ3) is 10.8. The third-order valence-corrected chi connectivity index (χ3v) is 4.68. The van der Waals surface area contributed by atoms with E-state index in [9.17, 15) is 31.1 Å². The molecule has 0 aromatic carbocycles. The molecular formula is C20H26F6N4O5. The maximum absolute atomic E-state index is 12.4. The number of alkyl halides is 6. The van der Waals surface area contributed by atoms with Crippen LogP contribution < -0.4 is 10.6 Å². The number of aromatic nitrogens is 1. The van der Waals surface area contributed by atoms with Gasteiger partial charge in [-0.25, -0.2) is 14.6 Å². The second kappa shape index (κ2) is 12.6. The number of amides is 1. The molecule has 9 nitrogen and oxygen atoms in total. The number of nitrogens with zero attached hydrogens (tertiary/aromatic N) is 2. The van der Waals surface area contributed by atoms with E-state index in [-0.39, 0.29) is 5.91 Å². The fraction of sp³-hybridized carbons (Fsp3) is 0.600. The Kier molecular flexibility index (Phi) is 10.7. The van der Waals surface area contributed by atoms with Gasteiger partial charge in [-0.15, -0.1) is 0 Å². The van der Waals surface area contributed by atoms with Crippen LogP contribution in [-0.2, 0) is 22.4 Å². The third-order valence-electron chi connectivity index (χ3n) is 4.68. The van der Waals surface area contributed by atoms with Crippen LogP contribution in [0, 0.1) is 5.92 Å². The highest BCUT2D eigenvalue weighted by Gasteiger charge is 2.38. The quantitative estimate of drug-likeness (QED) is 0.449. The van der Waals surface area contributed by atoms with Crippen LogP contribution in [-0.4, -0.2) is 84.0 Å². The SMILES string of the molecule is CN(C)C(=O)c1cc2c(nc1NCC1CC1)CCNCC2.O=C(O)C(F)(F)F.O=C(O)C(F)(F)F. The van der Waals surface area contributed by atoms with Gasteiger partial charge in [0.25, 0.3) is 5.91 Å². The Hall–Kier alpha value is -3.10. The molecule has 198 valence electrons. The van der Waals surface area contributed by atoms with Gasteiger partial charge in [-0.05, 0) is 43.4 Å². The van der Waals surface area contributed by atoms with Crippen molar-refractivity contribution in [1.29, 1.82) is 0 Å². The number of carbonyl (C=O) groups excluding carboxylic acids is 1. The topological polar surface area (TPSA) is 132 Å². The van der Waals surface area contributed by atoms with E-state index in [2.05, 4.69) is 10.6 Å². The number of hydrogen-bond acceptors (Lipinski definition) is 6. The Morgan fingerprint density at radius 2 is 1.51 bits per heavy atom. The molecule has 3 rings (SSSR count). The molecule has 0 atom stereocenters. The number of carboxylic acid groups (broad SMARTS) is 2. The summed E-state index contributed by atoms with van der Waals surface area (Å²) in [6, 6.07) is 2.05. The van der Waals surface area contributed by atoms with E-state index in [1.165, 1.54) is 18.4 Å². The summed E-state index contributed by atoms with van der Waals surface area (Å²) < 4.78 is 63.5. The first-order chi connectivity index (χ1) is 16.0. The molecule has 2 heterocycles. The van der Waals surface area contributed by atoms with Crippen LogP contribution in [0.5, 0.6) is 0 Å². The molecular weight excluding hydrogens is 490 g/mol. The standard InChI is InChI=1S/C16H24N4O.2C2HF3O2/c1-20(2)16(21)13-9-12-5-7-17-8-6-14(12)19-15(13)18-10-11-3-4-11;2*3-2(4,5)1(6)7/h9,11,17H,3-8,10H2,1-2H3,(H,18,19);2*(H,6,7). The Balaban J connectivity index is 0.000000362. The van der Waals surface area contributed by atoms with E-state index in [1.54, 1.807) is 19.0 Å². The highest BCUT2D eigenvalue weighted by atomic mass is 19.4. The molecule has 0 unspecified atom stereocenters. The molecule has 1 aliphatic heterocycles. The number of anilines is 1. The van der Waals surface area contributed by atoms with E-state index >= 15 is 0 Å². The molecule has 35 heavy (non-hydrogen) atoms. The minimum Gasteiger partial charge on any atom is -0.475 e. The predicted octanol–water partition coefficient (Wildman–Crippen LogP) is 2.56. The van der Waals surface area contributed by atoms with Gasteiger partial charge in [-0.2, -0.15) is 26.3 Å². The van der Waals surface area contributed by atoms with Gasteiger partial charge in [0.2, 0.25) is 0 Å². The van der Waals surface area contributed by atoms with Crippen molar-refractivity contribution in [2.45, 2.75) is 38.0 Å². The number of fused-ring (bicyclic) bond motifs is 1. The highest BCUT2D eigenvalue weighted by molar-refractivity contribution is 5.98. The number of carbonyl (C=O) groups is 3. The van der Waals surface area contributed by atoms with Gasteiger partial charge in [-0.3, -0.25) is 4.79 Å². The normalized spacial score (nSPS) is 15.2. The molecule has 0 spiro atoms. The molecule has 1 aliphatic carbocycles. The lowest BCUT2D eigenvalue weighted by Gasteiger charge is -2.17. The van der Waals surface area contributed by atoms with Gasteiger partial charge in [0.15, 0.2) is 0 Å². The number of halogens is 6. The molecule has 0 saturated heterocycles. The summed E-state index contributed by atoms with van der Waals surface area (Å²) in [6.45, 7) is 2.85. The van der Waals surface area contributed by atoms with Crippen LogP contribution in [0.25, 0.3) is 0 Å². The lowest BCUT2D eigenvalue weighted by molar-refractivity contribution is -0.193. The van der Waals surface area contributed by atoms with Crippen molar-refractivity contribution in [3.8, 4) is 0 Å². The minimum absolute atomic E-state index is 0.0285. The Morgan fingerprint density at radius 1 is 1.03 bits per heavy atom. The van der Waals surface area contributed by atoms with Crippen LogP contribution >= 0.6 is 0 Å². The zero-order valence-corrected chi connectivity index (χ0v) is 18.9. The maximum atomic E-state index is 12.4. The first kappa shape index (κ1) is 29.9. The molecule has 1 aromatic heterocycles. The Morgan fingerprint density at radius 3 is 1.94 bits per heavy atom. The average Bonchev–Trinajstić information content (AvgIpc) is 3.57. The number of pyridine rings is 1. The monoisotopic (exact) mass is 516 g/mol. The molecule has 1 fully saturated rings. The van der Waals surface area contributed by atoms with Crippen LogP contribution in [0.2, 0.25) is 0 Å². The van der Waals surface area contributed by atoms with Crippen molar-refractivity contribution in [1.82, 2.24) is 15.2 Å². The lowest BCUT2D eigenvalue weighted by atomic mass is 10.0. The predicted molar refractivity (Wildman–Crippen MR) is 111 cm³/mol. The first-order valence-corrected chi connectivity index (χ1v) is 10.3. The second-order valence-corrected chi connectivity index (χ2v) is 7.87. The molecule has 15 heteroatoms. The van der Waals surface area contributed by atoms with E-state index in [1.807, 2.05) is 6.07 Å². The smallest absolute Gasteiger partial charge is 0.475 e. The molecule has 1 aromatic rings. The Bertz CT molecular complexity index is 877. The number of carboxylic acids is 2. The van der Waals surface area contributed by atoms with Crippen LogP contribution in [0.15, 0.2) is 6.07 Å². The molecule has 2 aliphatic rings. The van der Waals surface area contributed by atoms with Crippen LogP contribution in [0.3, 0.4) is 0 Å². The zero-order chi connectivity index (χ0) is 27.0. The van der Waals surface area contributed by atoms with Crippen LogP contribution in [0.1, 0.15) is 34.5 Å². The van der Waals surface area contributed by atoms with E-state index in [4.69, 9.17) is 24.8 Å². The largest absolute Gasteiger partial charge is 0.490 e. The zero-order valence-electron chi connectivity index (χ0n) is 18.9. The summed E-state index contributed by atoms with van der Waals surface area (Å²) in [6.07, 6.45) is -5.71. The van der Waals surface area contributed by atoms with E-state index in [0.717, 1.165) is 49.9 Å². The number of aliphatic carboxylic acids is 2. The average molecular weight is 516 g/mol. The van der Waals surface area contributed by atoms with E-state index < -0.39 is 24.3 Å². The number of nitrogens with one attached hydrogen (secondary N) is 2. The van der Waals surface area contributed by atoms with Crippen molar-refractivity contribution in [3.05, 3.63) is 22.9 Å². The fourth-order valence-electron chi connectivity index (χ4n) is 2.68. The van der Waals surface area contributed by atoms with Gasteiger partial charge < -0.3 is 25.7 Å². The molecule has 4 N–H and O–H groups in total. The molecule has 1 amide bonds. The van der Waals surface area contributed by atoms with Crippen molar-refractivity contribution < 1.29 is 50.9 Å². The van der Waals surface area contributed by atoms with Gasteiger partial charge in [0, 0.05) is 39.3 Å². The van der Waals surface area contributed by atoms with Gasteiger partial charge >= 0.3 is 24.3 Å². The van der Waals surface area contributed by atoms with Gasteiger partial charge in [0.05, 0.1) is 5.56 Å². The van der Waals surface area contributed by atoms with Crippen molar-refractivity contribution in [2.24, 2.45) is 5.92 Å². The molecule has 0 bridgehead atoms. The maximum Gasteiger partial charge on any atom is 0.490 e. The molecule has 0 radical (unpaired) electrons. The second-order valence-electron chi connectivity index (χ2n) is 7.87. The fourth-order valence-corrected chi connectivity index (χ4v) is 2.68. The summed E-state index contributed by atoms with van der Waals surface area (Å²) in [7, 11) is 3.58. The van der Waals surface area contributed by atoms with Crippen molar-refractivity contribution in [2.75, 3.05) is 39.0 Å².